The van der Waals surface area contributed by atoms with Crippen LogP contribution >= 0.6 is 0 Å². The predicted octanol–water partition coefficient (Wildman–Crippen LogP) is 2.53. The summed E-state index contributed by atoms with van der Waals surface area (Å²) in [5, 5.41) is 2.77. The molecular formula is C15H14N4O. The lowest BCUT2D eigenvalue weighted by Crippen LogP contribution is -2.17. The third-order valence-corrected chi connectivity index (χ3v) is 3.15. The first-order valence-electron chi connectivity index (χ1n) is 6.30. The number of nitrogens with zero attached hydrogens (tertiary/aromatic N) is 3. The highest BCUT2D eigenvalue weighted by Crippen LogP contribution is 2.15. The highest BCUT2D eigenvalue weighted by molar-refractivity contribution is 6.03. The summed E-state index contributed by atoms with van der Waals surface area (Å²) in [6.45, 7) is 1.95. The molecule has 1 amide bonds. The molecule has 2 heterocycles. The van der Waals surface area contributed by atoms with Gasteiger partial charge < -0.3 is 9.88 Å². The lowest BCUT2D eigenvalue weighted by molar-refractivity contribution is 0.101. The van der Waals surface area contributed by atoms with Crippen LogP contribution in [0.3, 0.4) is 0 Å². The SMILES string of the molecule is Cc1ccnc(NC(=O)c2nc3ccccc3n2C)c1. The van der Waals surface area contributed by atoms with E-state index in [2.05, 4.69) is 15.3 Å². The summed E-state index contributed by atoms with van der Waals surface area (Å²) in [5.41, 5.74) is 2.77. The Balaban J connectivity index is 1.95. The van der Waals surface area contributed by atoms with Crippen molar-refractivity contribution in [2.24, 2.45) is 7.05 Å². The molecular weight excluding hydrogens is 252 g/mol. The summed E-state index contributed by atoms with van der Waals surface area (Å²) in [5.74, 6) is 0.637. The minimum Gasteiger partial charge on any atom is -0.323 e. The molecule has 3 aromatic rings. The van der Waals surface area contributed by atoms with E-state index >= 15 is 0 Å². The van der Waals surface area contributed by atoms with E-state index in [1.165, 1.54) is 0 Å². The van der Waals surface area contributed by atoms with Gasteiger partial charge in [-0.15, -0.1) is 0 Å². The van der Waals surface area contributed by atoms with E-state index in [4.69, 9.17) is 0 Å². The van der Waals surface area contributed by atoms with E-state index < -0.39 is 0 Å². The number of hydrogen-bond donors (Lipinski definition) is 1. The average Bonchev–Trinajstić information content (AvgIpc) is 2.77. The maximum atomic E-state index is 12.3. The molecule has 5 heteroatoms. The number of benzene rings is 1. The van der Waals surface area contributed by atoms with E-state index in [-0.39, 0.29) is 5.91 Å². The van der Waals surface area contributed by atoms with E-state index in [9.17, 15) is 4.79 Å². The molecule has 1 aromatic carbocycles. The van der Waals surface area contributed by atoms with Gasteiger partial charge in [-0.1, -0.05) is 12.1 Å². The second-order valence-corrected chi connectivity index (χ2v) is 4.66. The first-order valence-corrected chi connectivity index (χ1v) is 6.30. The number of fused-ring (bicyclic) bond motifs is 1. The number of para-hydroxylation sites is 2. The third-order valence-electron chi connectivity index (χ3n) is 3.15. The van der Waals surface area contributed by atoms with Crippen LogP contribution in [0.4, 0.5) is 5.82 Å². The van der Waals surface area contributed by atoms with Crippen LogP contribution in [0.25, 0.3) is 11.0 Å². The Morgan fingerprint density at radius 1 is 1.25 bits per heavy atom. The molecule has 0 saturated heterocycles. The fourth-order valence-electron chi connectivity index (χ4n) is 2.13. The number of anilines is 1. The molecule has 0 atom stereocenters. The smallest absolute Gasteiger partial charge is 0.292 e. The number of amides is 1. The number of nitrogens with one attached hydrogen (secondary N) is 1. The van der Waals surface area contributed by atoms with Crippen molar-refractivity contribution in [3.05, 3.63) is 54.0 Å². The summed E-state index contributed by atoms with van der Waals surface area (Å²) in [4.78, 5) is 20.8. The first-order chi connectivity index (χ1) is 9.65. The summed E-state index contributed by atoms with van der Waals surface area (Å²) in [6, 6.07) is 11.3. The molecule has 0 saturated carbocycles. The molecule has 0 unspecified atom stereocenters. The zero-order valence-electron chi connectivity index (χ0n) is 11.3. The van der Waals surface area contributed by atoms with Crippen molar-refractivity contribution in [3.63, 3.8) is 0 Å². The maximum Gasteiger partial charge on any atom is 0.292 e. The number of carbonyl (C=O) groups is 1. The Morgan fingerprint density at radius 2 is 2.05 bits per heavy atom. The van der Waals surface area contributed by atoms with Crippen molar-refractivity contribution in [2.45, 2.75) is 6.92 Å². The van der Waals surface area contributed by atoms with Crippen molar-refractivity contribution >= 4 is 22.8 Å². The highest BCUT2D eigenvalue weighted by Gasteiger charge is 2.15. The lowest BCUT2D eigenvalue weighted by Gasteiger charge is -2.05. The molecule has 0 fully saturated rings. The Morgan fingerprint density at radius 3 is 2.80 bits per heavy atom. The van der Waals surface area contributed by atoms with Crippen molar-refractivity contribution in [2.75, 3.05) is 5.32 Å². The van der Waals surface area contributed by atoms with Gasteiger partial charge in [0.25, 0.3) is 5.91 Å². The van der Waals surface area contributed by atoms with Crippen LogP contribution < -0.4 is 5.32 Å². The minimum absolute atomic E-state index is 0.262. The van der Waals surface area contributed by atoms with Gasteiger partial charge in [-0.3, -0.25) is 4.79 Å². The van der Waals surface area contributed by atoms with Gasteiger partial charge in [0.15, 0.2) is 5.82 Å². The molecule has 1 N–H and O–H groups in total. The van der Waals surface area contributed by atoms with Crippen LogP contribution in [-0.4, -0.2) is 20.4 Å². The molecule has 3 rings (SSSR count). The number of rotatable bonds is 2. The van der Waals surface area contributed by atoms with Gasteiger partial charge in [-0.2, -0.15) is 0 Å². The summed E-state index contributed by atoms with van der Waals surface area (Å²) in [7, 11) is 1.83. The minimum atomic E-state index is -0.262. The Kier molecular flexibility index (Phi) is 2.95. The van der Waals surface area contributed by atoms with Crippen LogP contribution in [0.2, 0.25) is 0 Å². The lowest BCUT2D eigenvalue weighted by atomic mass is 10.3. The van der Waals surface area contributed by atoms with Crippen LogP contribution in [0.5, 0.6) is 0 Å². The topological polar surface area (TPSA) is 59.8 Å². The molecule has 0 bridgehead atoms. The second kappa shape index (κ2) is 4.77. The van der Waals surface area contributed by atoms with Gasteiger partial charge in [0.2, 0.25) is 0 Å². The largest absolute Gasteiger partial charge is 0.323 e. The number of aryl methyl sites for hydroxylation is 2. The maximum absolute atomic E-state index is 12.3. The average molecular weight is 266 g/mol. The Labute approximate surface area is 116 Å². The third kappa shape index (κ3) is 2.14. The molecule has 5 nitrogen and oxygen atoms in total. The van der Waals surface area contributed by atoms with Crippen molar-refractivity contribution < 1.29 is 4.79 Å². The predicted molar refractivity (Wildman–Crippen MR) is 77.6 cm³/mol. The fraction of sp³-hybridized carbons (Fsp3) is 0.133. The van der Waals surface area contributed by atoms with Gasteiger partial charge >= 0.3 is 0 Å². The fourth-order valence-corrected chi connectivity index (χ4v) is 2.13. The molecule has 0 aliphatic rings. The molecule has 0 radical (unpaired) electrons. The quantitative estimate of drug-likeness (QED) is 0.775. The monoisotopic (exact) mass is 266 g/mol. The zero-order valence-corrected chi connectivity index (χ0v) is 11.3. The normalized spacial score (nSPS) is 10.7. The molecule has 100 valence electrons. The van der Waals surface area contributed by atoms with Crippen molar-refractivity contribution in [1.29, 1.82) is 0 Å². The number of carbonyl (C=O) groups excluding carboxylic acids is 1. The first kappa shape index (κ1) is 12.3. The van der Waals surface area contributed by atoms with Crippen molar-refractivity contribution in [3.8, 4) is 0 Å². The van der Waals surface area contributed by atoms with E-state index in [0.29, 0.717) is 11.6 Å². The van der Waals surface area contributed by atoms with Crippen LogP contribution in [-0.2, 0) is 7.05 Å². The van der Waals surface area contributed by atoms with E-state index in [1.807, 2.05) is 50.4 Å². The van der Waals surface area contributed by atoms with E-state index in [1.54, 1.807) is 10.8 Å². The summed E-state index contributed by atoms with van der Waals surface area (Å²) >= 11 is 0. The Hall–Kier alpha value is -2.69. The van der Waals surface area contributed by atoms with Crippen molar-refractivity contribution in [1.82, 2.24) is 14.5 Å². The van der Waals surface area contributed by atoms with Crippen LogP contribution in [0.1, 0.15) is 16.2 Å². The zero-order chi connectivity index (χ0) is 14.1. The molecule has 0 spiro atoms. The van der Waals surface area contributed by atoms with Gasteiger partial charge in [0, 0.05) is 13.2 Å². The number of aromatic nitrogens is 3. The number of hydrogen-bond acceptors (Lipinski definition) is 3. The summed E-state index contributed by atoms with van der Waals surface area (Å²) < 4.78 is 1.78. The van der Waals surface area contributed by atoms with Gasteiger partial charge in [-0.25, -0.2) is 9.97 Å². The molecule has 0 aliphatic heterocycles. The standard InChI is InChI=1S/C15H14N4O/c1-10-7-8-16-13(9-10)18-15(20)14-17-11-5-3-4-6-12(11)19(14)2/h3-9H,1-2H3,(H,16,18,20). The molecule has 2 aromatic heterocycles. The number of imidazole rings is 1. The van der Waals surface area contributed by atoms with E-state index in [0.717, 1.165) is 16.6 Å². The van der Waals surface area contributed by atoms with Gasteiger partial charge in [0.05, 0.1) is 11.0 Å². The van der Waals surface area contributed by atoms with Crippen LogP contribution in [0.15, 0.2) is 42.6 Å². The van der Waals surface area contributed by atoms with Gasteiger partial charge in [0.1, 0.15) is 5.82 Å². The van der Waals surface area contributed by atoms with Crippen LogP contribution in [0, 0.1) is 6.92 Å². The number of pyridine rings is 1. The highest BCUT2D eigenvalue weighted by atomic mass is 16.2. The summed E-state index contributed by atoms with van der Waals surface area (Å²) in [6.07, 6.45) is 1.67. The molecule has 20 heavy (non-hydrogen) atoms. The Bertz CT molecular complexity index is 791. The van der Waals surface area contributed by atoms with Gasteiger partial charge in [-0.05, 0) is 36.8 Å². The second-order valence-electron chi connectivity index (χ2n) is 4.66. The molecule has 0 aliphatic carbocycles.